The maximum absolute atomic E-state index is 15.1. The van der Waals surface area contributed by atoms with Crippen molar-refractivity contribution in [1.29, 1.82) is 26.3 Å². The lowest BCUT2D eigenvalue weighted by molar-refractivity contribution is -0.165. The van der Waals surface area contributed by atoms with Crippen molar-refractivity contribution in [2.24, 2.45) is 27.1 Å². The van der Waals surface area contributed by atoms with Crippen LogP contribution in [0.5, 0.6) is 0 Å². The van der Waals surface area contributed by atoms with E-state index in [0.717, 1.165) is 0 Å². The predicted molar refractivity (Wildman–Crippen MR) is 400 cm³/mol. The summed E-state index contributed by atoms with van der Waals surface area (Å²) in [6.45, 7) is 39.9. The first-order valence-corrected chi connectivity index (χ1v) is 36.6. The summed E-state index contributed by atoms with van der Waals surface area (Å²) < 4.78 is 24.5. The summed E-state index contributed by atoms with van der Waals surface area (Å²) in [7, 11) is 0. The average molecular weight is 1470 g/mol. The van der Waals surface area contributed by atoms with Gasteiger partial charge >= 0.3 is 23.9 Å². The van der Waals surface area contributed by atoms with E-state index < -0.39 is 99.9 Å². The summed E-state index contributed by atoms with van der Waals surface area (Å²) in [5.41, 5.74) is -4.52. The van der Waals surface area contributed by atoms with Crippen LogP contribution >= 0.6 is 101 Å². The second-order valence-corrected chi connectivity index (χ2v) is 30.7. The van der Waals surface area contributed by atoms with E-state index in [4.69, 9.17) is 38.7 Å². The Morgan fingerprint density at radius 1 is 0.402 bits per heavy atom. The van der Waals surface area contributed by atoms with Crippen LogP contribution in [0.1, 0.15) is 107 Å². The molecule has 0 radical (unpaired) electrons. The van der Waals surface area contributed by atoms with Gasteiger partial charge in [0.25, 0.3) is 11.4 Å². The van der Waals surface area contributed by atoms with Crippen LogP contribution in [0, 0.1) is 103 Å². The molecule has 0 fully saturated rings. The average Bonchev–Trinajstić information content (AvgIpc) is 0.800. The summed E-state index contributed by atoms with van der Waals surface area (Å²) in [5, 5.41) is 54.7. The summed E-state index contributed by atoms with van der Waals surface area (Å²) in [6, 6.07) is 10.6. The molecule has 0 aromatic rings. The standard InChI is InChI=1S/C69H88N12O8S8/c1-65(2)28-45(49(36-70)54(32-65)78(12-20-90)13-21-91)52(39-73)61(82)86-41-69(42-87-62(83)53(40-74)46-29-66(3,4)33-55(50(46)37-71)79(14-22-92)15-23-93,43-88-63(84)59(76-10)47-30-67(5,6)34-56(51(47)38-72)80(16-24-94)17-25-95)44-89-64(85)60(77-11)48-31-68(7,8)35-57(58(48)75-9)81(18-26-96)19-27-97/h90-97H,12-35,41-44H2,1-8H3/b52-45+,53-46+,59-47+,60-48-. The van der Waals surface area contributed by atoms with Crippen molar-refractivity contribution in [3.63, 3.8) is 0 Å². The van der Waals surface area contributed by atoms with Gasteiger partial charge in [-0.1, -0.05) is 55.4 Å². The number of allylic oxidation sites excluding steroid dienone is 11. The van der Waals surface area contributed by atoms with Crippen molar-refractivity contribution in [2.45, 2.75) is 107 Å². The molecule has 4 aliphatic carbocycles. The highest BCUT2D eigenvalue weighted by Crippen LogP contribution is 2.49. The third kappa shape index (κ3) is 21.9. The Labute approximate surface area is 617 Å². The SMILES string of the molecule is [C-]#[N+]C1=C(N(CCS)CCS)CC(C)(C)C/C1=C(/[N+]#[C-])C(=O)OCC(COC(=O)/C(C#N)=C1\CC(C)(C)CC(N(CCS)CCS)=C1C#N)(COC(=O)/C(C#N)=C1\CC(C)(C)CC(N(CCS)CCS)=C1C#N)COC(=O)/C([N+]#[C-])=C1/CC(C)(C)CC(N(CCS)CCS)=C1C#N. The molecule has 0 unspecified atom stereocenters. The van der Waals surface area contributed by atoms with Crippen LogP contribution in [0.2, 0.25) is 0 Å². The molecule has 0 atom stereocenters. The number of rotatable bonds is 32. The minimum Gasteiger partial charge on any atom is -0.470 e. The fourth-order valence-electron chi connectivity index (χ4n) is 12.6. The number of carbonyl (C=O) groups is 4. The van der Waals surface area contributed by atoms with Gasteiger partial charge in [0.15, 0.2) is 5.70 Å². The molecule has 4 rings (SSSR count). The van der Waals surface area contributed by atoms with E-state index in [-0.39, 0.29) is 70.4 Å². The summed E-state index contributed by atoms with van der Waals surface area (Å²) >= 11 is 35.7. The second-order valence-electron chi connectivity index (χ2n) is 27.1. The lowest BCUT2D eigenvalue weighted by atomic mass is 9.72. The van der Waals surface area contributed by atoms with E-state index in [1.54, 1.807) is 0 Å². The van der Waals surface area contributed by atoms with Gasteiger partial charge in [0.1, 0.15) is 67.3 Å². The van der Waals surface area contributed by atoms with E-state index in [9.17, 15) is 26.3 Å². The zero-order chi connectivity index (χ0) is 72.6. The van der Waals surface area contributed by atoms with Crippen LogP contribution in [0.4, 0.5) is 0 Å². The normalized spacial score (nSPS) is 19.1. The largest absolute Gasteiger partial charge is 0.470 e. The van der Waals surface area contributed by atoms with Crippen LogP contribution in [0.25, 0.3) is 14.5 Å². The van der Waals surface area contributed by atoms with Gasteiger partial charge < -0.3 is 38.5 Å². The molecule has 0 amide bonds. The fraction of sp³-hybridized carbons (Fsp3) is 0.594. The quantitative estimate of drug-likeness (QED) is 0.00779. The molecular weight excluding hydrogens is 1380 g/mol. The lowest BCUT2D eigenvalue weighted by Crippen LogP contribution is -2.44. The Kier molecular flexibility index (Phi) is 32.9. The molecule has 0 bridgehead atoms. The third-order valence-corrected chi connectivity index (χ3v) is 18.5. The number of carbonyl (C=O) groups excluding carboxylic acids is 4. The molecule has 0 aromatic heterocycles. The number of thiol groups is 8. The first kappa shape index (κ1) is 83.1. The van der Waals surface area contributed by atoms with E-state index in [1.807, 2.05) is 87.1 Å². The molecule has 97 heavy (non-hydrogen) atoms. The molecule has 0 saturated carbocycles. The molecule has 0 saturated heterocycles. The van der Waals surface area contributed by atoms with Crippen molar-refractivity contribution in [2.75, 3.05) is 125 Å². The molecule has 0 N–H and O–H groups in total. The first-order chi connectivity index (χ1) is 46.0. The molecule has 28 heteroatoms. The van der Waals surface area contributed by atoms with E-state index in [1.165, 1.54) is 0 Å². The van der Waals surface area contributed by atoms with Gasteiger partial charge in [-0.3, -0.25) is 9.59 Å². The Balaban J connectivity index is 2.17. The number of esters is 4. The summed E-state index contributed by atoms with van der Waals surface area (Å²) in [6.07, 6.45) is 1.76. The van der Waals surface area contributed by atoms with Crippen LogP contribution in [-0.4, -0.2) is 168 Å². The van der Waals surface area contributed by atoms with Crippen molar-refractivity contribution < 1.29 is 38.1 Å². The second kappa shape index (κ2) is 38.3. The number of ether oxygens (including phenoxy) is 4. The molecule has 0 heterocycles. The van der Waals surface area contributed by atoms with E-state index in [2.05, 4.69) is 134 Å². The summed E-state index contributed by atoms with van der Waals surface area (Å²) in [5.74, 6) is -2.01. The zero-order valence-corrected chi connectivity index (χ0v) is 63.7. The van der Waals surface area contributed by atoms with Gasteiger partial charge in [-0.2, -0.15) is 127 Å². The van der Waals surface area contributed by atoms with Gasteiger partial charge in [0.05, 0.1) is 42.5 Å². The van der Waals surface area contributed by atoms with Crippen molar-refractivity contribution in [1.82, 2.24) is 19.6 Å². The topological polar surface area (TPSA) is 250 Å². The van der Waals surface area contributed by atoms with Crippen molar-refractivity contribution >= 4 is 125 Å². The molecule has 0 aromatic carbocycles. The minimum absolute atomic E-state index is 0.0420. The van der Waals surface area contributed by atoms with Crippen LogP contribution in [0.3, 0.4) is 0 Å². The molecule has 0 aliphatic heterocycles. The molecule has 0 spiro atoms. The number of nitrogens with zero attached hydrogens (tertiary/aromatic N) is 12. The highest BCUT2D eigenvalue weighted by Gasteiger charge is 2.45. The number of hydrogen-bond donors (Lipinski definition) is 8. The van der Waals surface area contributed by atoms with Gasteiger partial charge in [-0.15, -0.1) is 0 Å². The Morgan fingerprint density at radius 2 is 0.649 bits per heavy atom. The molecule has 20 nitrogen and oxygen atoms in total. The number of nitriles is 5. The molecule has 4 aliphatic rings. The maximum atomic E-state index is 15.1. The highest BCUT2D eigenvalue weighted by molar-refractivity contribution is 7.81. The first-order valence-electron chi connectivity index (χ1n) is 31.5. The highest BCUT2D eigenvalue weighted by atomic mass is 32.1. The Bertz CT molecular complexity index is 3140. The summed E-state index contributed by atoms with van der Waals surface area (Å²) in [4.78, 5) is 79.2. The fourth-order valence-corrected chi connectivity index (χ4v) is 14.6. The molecule has 520 valence electrons. The third-order valence-electron chi connectivity index (χ3n) is 16.9. The monoisotopic (exact) mass is 1470 g/mol. The predicted octanol–water partition coefficient (Wildman–Crippen LogP) is 11.5. The number of hydrogen-bond acceptors (Lipinski definition) is 25. The van der Waals surface area contributed by atoms with E-state index >= 15 is 19.2 Å². The lowest BCUT2D eigenvalue weighted by Gasteiger charge is -2.39. The van der Waals surface area contributed by atoms with Gasteiger partial charge in [-0.05, 0) is 95.3 Å². The van der Waals surface area contributed by atoms with Crippen LogP contribution in [-0.2, 0) is 38.1 Å². The van der Waals surface area contributed by atoms with E-state index in [0.29, 0.717) is 147 Å². The van der Waals surface area contributed by atoms with Crippen LogP contribution in [0.15, 0.2) is 90.0 Å². The van der Waals surface area contributed by atoms with Gasteiger partial charge in [0, 0.05) is 121 Å². The Morgan fingerprint density at radius 3 is 0.918 bits per heavy atom. The van der Waals surface area contributed by atoms with Crippen molar-refractivity contribution in [3.8, 4) is 30.3 Å². The maximum Gasteiger partial charge on any atom is 0.349 e. The minimum atomic E-state index is -2.31. The van der Waals surface area contributed by atoms with Crippen LogP contribution < -0.4 is 0 Å². The smallest absolute Gasteiger partial charge is 0.349 e. The van der Waals surface area contributed by atoms with Gasteiger partial charge in [-0.25, -0.2) is 24.1 Å². The van der Waals surface area contributed by atoms with Crippen molar-refractivity contribution in [3.05, 3.63) is 124 Å². The zero-order valence-electron chi connectivity index (χ0n) is 56.5. The van der Waals surface area contributed by atoms with Gasteiger partial charge in [0.2, 0.25) is 0 Å². The Hall–Kier alpha value is -6.28. The molecular formula is C69H88N12O8S8.